The molecule has 1 aliphatic rings. The van der Waals surface area contributed by atoms with E-state index in [9.17, 15) is 19.1 Å². The minimum atomic E-state index is -1.14. The lowest BCUT2D eigenvalue weighted by Gasteiger charge is -2.30. The summed E-state index contributed by atoms with van der Waals surface area (Å²) in [6.45, 7) is 5.72. The molecule has 174 valence electrons. The van der Waals surface area contributed by atoms with Gasteiger partial charge in [-0.05, 0) is 44.0 Å². The Morgan fingerprint density at radius 1 is 1.06 bits per heavy atom. The maximum atomic E-state index is 13.6. The zero-order valence-corrected chi connectivity index (χ0v) is 19.0. The van der Waals surface area contributed by atoms with E-state index >= 15 is 0 Å². The topological polar surface area (TPSA) is 84.9 Å². The summed E-state index contributed by atoms with van der Waals surface area (Å²) in [5.74, 6) is -2.56. The van der Waals surface area contributed by atoms with Gasteiger partial charge in [-0.25, -0.2) is 14.0 Å². The second-order valence-corrected chi connectivity index (χ2v) is 7.89. The molecule has 6 nitrogen and oxygen atoms in total. The van der Waals surface area contributed by atoms with Crippen molar-refractivity contribution < 1.29 is 28.6 Å². The van der Waals surface area contributed by atoms with Crippen LogP contribution in [-0.2, 0) is 20.9 Å². The number of nitrogens with one attached hydrogen (secondary N) is 1. The lowest BCUT2D eigenvalue weighted by molar-refractivity contribution is -0.139. The molecule has 1 aliphatic heterocycles. The van der Waals surface area contributed by atoms with Crippen LogP contribution in [0.3, 0.4) is 0 Å². The van der Waals surface area contributed by atoms with Gasteiger partial charge < -0.3 is 19.9 Å². The van der Waals surface area contributed by atoms with E-state index in [1.54, 1.807) is 50.2 Å². The third kappa shape index (κ3) is 5.61. The van der Waals surface area contributed by atoms with E-state index < -0.39 is 17.9 Å². The van der Waals surface area contributed by atoms with E-state index in [0.29, 0.717) is 34.7 Å². The smallest absolute Gasteiger partial charge is 0.336 e. The molecule has 7 heteroatoms. The average molecular weight is 454 g/mol. The number of dihydropyridines is 1. The highest BCUT2D eigenvalue weighted by molar-refractivity contribution is 5.99. The van der Waals surface area contributed by atoms with Gasteiger partial charge in [0, 0.05) is 17.0 Å². The second-order valence-electron chi connectivity index (χ2n) is 7.89. The van der Waals surface area contributed by atoms with Crippen molar-refractivity contribution in [2.75, 3.05) is 6.61 Å². The molecule has 0 radical (unpaired) electrons. The predicted octanol–water partition coefficient (Wildman–Crippen LogP) is 5.07. The van der Waals surface area contributed by atoms with Crippen molar-refractivity contribution in [1.29, 1.82) is 0 Å². The number of para-hydroxylation sites is 1. The second kappa shape index (κ2) is 10.8. The van der Waals surface area contributed by atoms with Crippen molar-refractivity contribution in [1.82, 2.24) is 5.32 Å². The Kier molecular flexibility index (Phi) is 7.87. The summed E-state index contributed by atoms with van der Waals surface area (Å²) in [4.78, 5) is 25.3. The molecule has 0 aliphatic carbocycles. The third-order valence-electron chi connectivity index (χ3n) is 5.46. The molecule has 2 aromatic rings. The molecule has 1 atom stereocenters. The molecule has 0 bridgehead atoms. The van der Waals surface area contributed by atoms with E-state index in [4.69, 9.17) is 9.47 Å². The van der Waals surface area contributed by atoms with Gasteiger partial charge in [0.25, 0.3) is 0 Å². The zero-order chi connectivity index (χ0) is 24.0. The number of carboxylic acids is 1. The van der Waals surface area contributed by atoms with Crippen molar-refractivity contribution >= 4 is 11.9 Å². The van der Waals surface area contributed by atoms with Gasteiger partial charge in [0.1, 0.15) is 18.2 Å². The van der Waals surface area contributed by atoms with Crippen LogP contribution < -0.4 is 10.1 Å². The van der Waals surface area contributed by atoms with Crippen LogP contribution in [-0.4, -0.2) is 23.7 Å². The summed E-state index contributed by atoms with van der Waals surface area (Å²) in [6, 6.07) is 13.0. The van der Waals surface area contributed by atoms with E-state index in [-0.39, 0.29) is 30.2 Å². The molecule has 1 unspecified atom stereocenters. The Morgan fingerprint density at radius 3 is 2.48 bits per heavy atom. The number of carboxylic acid groups (broad SMARTS) is 1. The van der Waals surface area contributed by atoms with Crippen LogP contribution in [0.15, 0.2) is 71.1 Å². The number of allylic oxidation sites excluding steroid dienone is 2. The molecule has 0 amide bonds. The first-order valence-electron chi connectivity index (χ1n) is 10.9. The van der Waals surface area contributed by atoms with Crippen LogP contribution in [0.5, 0.6) is 5.75 Å². The summed E-state index contributed by atoms with van der Waals surface area (Å²) in [6.07, 6.45) is 1.58. The Labute approximate surface area is 192 Å². The number of aliphatic carboxylic acids is 1. The Hall–Kier alpha value is -3.61. The van der Waals surface area contributed by atoms with Crippen LogP contribution in [0.4, 0.5) is 4.39 Å². The number of rotatable bonds is 9. The number of hydrogen-bond acceptors (Lipinski definition) is 5. The van der Waals surface area contributed by atoms with E-state index in [2.05, 4.69) is 5.32 Å². The normalized spacial score (nSPS) is 15.8. The number of carbonyl (C=O) groups is 2. The van der Waals surface area contributed by atoms with Crippen LogP contribution in [0.25, 0.3) is 0 Å². The average Bonchev–Trinajstić information content (AvgIpc) is 2.77. The molecule has 0 saturated heterocycles. The van der Waals surface area contributed by atoms with Crippen molar-refractivity contribution in [3.05, 3.63) is 88.0 Å². The van der Waals surface area contributed by atoms with Crippen LogP contribution in [0, 0.1) is 5.82 Å². The van der Waals surface area contributed by atoms with Crippen LogP contribution in [0.1, 0.15) is 50.7 Å². The minimum absolute atomic E-state index is 0.0462. The van der Waals surface area contributed by atoms with Crippen molar-refractivity contribution in [3.8, 4) is 5.75 Å². The Morgan fingerprint density at radius 2 is 1.79 bits per heavy atom. The highest BCUT2D eigenvalue weighted by atomic mass is 19.1. The first-order valence-corrected chi connectivity index (χ1v) is 10.9. The monoisotopic (exact) mass is 453 g/mol. The minimum Gasteiger partial charge on any atom is -0.489 e. The molecule has 2 aromatic carbocycles. The number of carbonyl (C=O) groups excluding carboxylic acids is 1. The summed E-state index contributed by atoms with van der Waals surface area (Å²) in [5, 5.41) is 13.0. The number of benzene rings is 2. The van der Waals surface area contributed by atoms with Gasteiger partial charge in [0.2, 0.25) is 0 Å². The van der Waals surface area contributed by atoms with Gasteiger partial charge in [0.05, 0.1) is 23.7 Å². The van der Waals surface area contributed by atoms with Gasteiger partial charge in [-0.1, -0.05) is 43.7 Å². The fourth-order valence-electron chi connectivity index (χ4n) is 3.88. The van der Waals surface area contributed by atoms with Gasteiger partial charge >= 0.3 is 11.9 Å². The number of halogens is 1. The zero-order valence-electron chi connectivity index (χ0n) is 19.0. The molecule has 3 rings (SSSR count). The van der Waals surface area contributed by atoms with Crippen LogP contribution >= 0.6 is 0 Å². The summed E-state index contributed by atoms with van der Waals surface area (Å²) >= 11 is 0. The quantitative estimate of drug-likeness (QED) is 0.407. The lowest BCUT2D eigenvalue weighted by Crippen LogP contribution is -2.32. The Bertz CT molecular complexity index is 1110. The number of hydrogen-bond donors (Lipinski definition) is 2. The largest absolute Gasteiger partial charge is 0.489 e. The van der Waals surface area contributed by atoms with Gasteiger partial charge in [-0.2, -0.15) is 0 Å². The molecular formula is C26H28FNO5. The van der Waals surface area contributed by atoms with Gasteiger partial charge in [-0.15, -0.1) is 0 Å². The third-order valence-corrected chi connectivity index (χ3v) is 5.46. The summed E-state index contributed by atoms with van der Waals surface area (Å²) in [7, 11) is 0. The molecule has 33 heavy (non-hydrogen) atoms. The van der Waals surface area contributed by atoms with E-state index in [1.165, 1.54) is 12.1 Å². The SMILES string of the molecule is CCCCOC(=O)C1=C(C)NC(C)=C(C(=O)O)C1c1ccccc1OCc1cccc(F)c1. The lowest BCUT2D eigenvalue weighted by atomic mass is 9.80. The van der Waals surface area contributed by atoms with Crippen molar-refractivity contribution in [2.45, 2.75) is 46.1 Å². The van der Waals surface area contributed by atoms with Crippen molar-refractivity contribution in [2.24, 2.45) is 0 Å². The Balaban J connectivity index is 2.02. The maximum Gasteiger partial charge on any atom is 0.336 e. The fourth-order valence-corrected chi connectivity index (χ4v) is 3.88. The summed E-state index contributed by atoms with van der Waals surface area (Å²) < 4.78 is 25.0. The molecule has 2 N–H and O–H groups in total. The molecule has 0 aromatic heterocycles. The number of ether oxygens (including phenoxy) is 2. The predicted molar refractivity (Wildman–Crippen MR) is 122 cm³/mol. The molecule has 0 fully saturated rings. The number of esters is 1. The fraction of sp³-hybridized carbons (Fsp3) is 0.308. The maximum absolute atomic E-state index is 13.6. The molecular weight excluding hydrogens is 425 g/mol. The van der Waals surface area contributed by atoms with Crippen LogP contribution in [0.2, 0.25) is 0 Å². The molecule has 0 spiro atoms. The molecule has 0 saturated carbocycles. The van der Waals surface area contributed by atoms with Gasteiger partial charge in [-0.3, -0.25) is 0 Å². The highest BCUT2D eigenvalue weighted by Gasteiger charge is 2.38. The van der Waals surface area contributed by atoms with Crippen molar-refractivity contribution in [3.63, 3.8) is 0 Å². The van der Waals surface area contributed by atoms with Gasteiger partial charge in [0.15, 0.2) is 0 Å². The molecule has 1 heterocycles. The highest BCUT2D eigenvalue weighted by Crippen LogP contribution is 2.42. The number of unbranched alkanes of at least 4 members (excludes halogenated alkanes) is 1. The first kappa shape index (κ1) is 24.0. The standard InChI is InChI=1S/C26H28FNO5/c1-4-5-13-32-26(31)23-17(3)28-16(2)22(25(29)30)24(23)20-11-6-7-12-21(20)33-15-18-9-8-10-19(27)14-18/h6-12,14,24,28H,4-5,13,15H2,1-3H3,(H,29,30). The van der Waals surface area contributed by atoms with E-state index in [0.717, 1.165) is 6.42 Å². The summed E-state index contributed by atoms with van der Waals surface area (Å²) in [5.41, 5.74) is 2.40. The first-order chi connectivity index (χ1) is 15.8. The van der Waals surface area contributed by atoms with E-state index in [1.807, 2.05) is 6.92 Å².